The van der Waals surface area contributed by atoms with E-state index in [0.29, 0.717) is 16.5 Å². The first-order valence-electron chi connectivity index (χ1n) is 6.16. The topological polar surface area (TPSA) is 57.8 Å². The highest BCUT2D eigenvalue weighted by Crippen LogP contribution is 2.18. The van der Waals surface area contributed by atoms with Crippen molar-refractivity contribution in [2.45, 2.75) is 6.92 Å². The molecule has 0 saturated carbocycles. The quantitative estimate of drug-likeness (QED) is 0.753. The molecular weight excluding hydrogens is 274 g/mol. The van der Waals surface area contributed by atoms with Crippen molar-refractivity contribution in [3.05, 3.63) is 58.6 Å². The summed E-state index contributed by atoms with van der Waals surface area (Å²) in [6.07, 6.45) is 0. The van der Waals surface area contributed by atoms with Gasteiger partial charge in [0.2, 0.25) is 5.95 Å². The highest BCUT2D eigenvalue weighted by atomic mass is 35.5. The number of carbonyl (C=O) groups is 1. The molecule has 0 radical (unpaired) electrons. The number of H-pyrrole nitrogens is 1. The van der Waals surface area contributed by atoms with Gasteiger partial charge in [-0.2, -0.15) is 0 Å². The number of nitrogens with zero attached hydrogens (tertiary/aromatic N) is 1. The molecule has 1 heterocycles. The number of aromatic amines is 1. The fourth-order valence-corrected chi connectivity index (χ4v) is 2.10. The third-order valence-electron chi connectivity index (χ3n) is 3.04. The predicted molar refractivity (Wildman–Crippen MR) is 80.2 cm³/mol. The lowest BCUT2D eigenvalue weighted by molar-refractivity contribution is 0.102. The maximum atomic E-state index is 12.1. The summed E-state index contributed by atoms with van der Waals surface area (Å²) < 4.78 is 0. The number of amides is 1. The van der Waals surface area contributed by atoms with Crippen LogP contribution in [0.1, 0.15) is 15.9 Å². The van der Waals surface area contributed by atoms with Crippen LogP contribution in [-0.2, 0) is 0 Å². The van der Waals surface area contributed by atoms with Crippen molar-refractivity contribution in [3.8, 4) is 0 Å². The van der Waals surface area contributed by atoms with Crippen LogP contribution < -0.4 is 5.32 Å². The number of benzene rings is 2. The number of imidazole rings is 1. The lowest BCUT2D eigenvalue weighted by Gasteiger charge is -2.04. The number of halogens is 1. The van der Waals surface area contributed by atoms with Crippen LogP contribution in [-0.4, -0.2) is 15.9 Å². The molecule has 5 heteroatoms. The Morgan fingerprint density at radius 3 is 2.80 bits per heavy atom. The van der Waals surface area contributed by atoms with E-state index in [0.717, 1.165) is 16.6 Å². The summed E-state index contributed by atoms with van der Waals surface area (Å²) in [6, 6.07) is 12.8. The second kappa shape index (κ2) is 4.98. The van der Waals surface area contributed by atoms with Gasteiger partial charge in [-0.25, -0.2) is 4.98 Å². The van der Waals surface area contributed by atoms with Gasteiger partial charge in [0.15, 0.2) is 0 Å². The van der Waals surface area contributed by atoms with Gasteiger partial charge in [-0.15, -0.1) is 0 Å². The minimum Gasteiger partial charge on any atom is -0.324 e. The summed E-state index contributed by atoms with van der Waals surface area (Å²) in [4.78, 5) is 19.5. The third kappa shape index (κ3) is 2.38. The number of anilines is 1. The zero-order valence-electron chi connectivity index (χ0n) is 10.8. The summed E-state index contributed by atoms with van der Waals surface area (Å²) in [5.74, 6) is 0.215. The highest BCUT2D eigenvalue weighted by Gasteiger charge is 2.10. The Balaban J connectivity index is 1.86. The lowest BCUT2D eigenvalue weighted by Crippen LogP contribution is -2.13. The van der Waals surface area contributed by atoms with Gasteiger partial charge in [-0.05, 0) is 42.8 Å². The van der Waals surface area contributed by atoms with Gasteiger partial charge < -0.3 is 4.98 Å². The van der Waals surface area contributed by atoms with Crippen LogP contribution in [0, 0.1) is 6.92 Å². The average Bonchev–Trinajstić information content (AvgIpc) is 2.83. The fraction of sp³-hybridized carbons (Fsp3) is 0.0667. The molecule has 1 amide bonds. The summed E-state index contributed by atoms with van der Waals surface area (Å²) in [5.41, 5.74) is 3.11. The fourth-order valence-electron chi connectivity index (χ4n) is 1.98. The van der Waals surface area contributed by atoms with Crippen molar-refractivity contribution in [3.63, 3.8) is 0 Å². The number of aryl methyl sites for hydroxylation is 1. The first kappa shape index (κ1) is 12.7. The normalized spacial score (nSPS) is 10.7. The van der Waals surface area contributed by atoms with Gasteiger partial charge in [0.1, 0.15) is 0 Å². The van der Waals surface area contributed by atoms with E-state index in [9.17, 15) is 4.79 Å². The van der Waals surface area contributed by atoms with Crippen LogP contribution in [0.25, 0.3) is 11.0 Å². The molecule has 0 atom stereocenters. The molecule has 100 valence electrons. The SMILES string of the molecule is Cc1cc(C(=O)Nc2nc3ccccc3[nH]2)ccc1Cl. The average molecular weight is 286 g/mol. The molecule has 20 heavy (non-hydrogen) atoms. The van der Waals surface area contributed by atoms with Crippen LogP contribution in [0.15, 0.2) is 42.5 Å². The molecule has 0 bridgehead atoms. The molecule has 0 spiro atoms. The Labute approximate surface area is 120 Å². The number of carbonyl (C=O) groups excluding carboxylic acids is 1. The molecule has 1 aromatic heterocycles. The minimum absolute atomic E-state index is 0.219. The van der Waals surface area contributed by atoms with E-state index in [-0.39, 0.29) is 5.91 Å². The van der Waals surface area contributed by atoms with E-state index in [1.165, 1.54) is 0 Å². The van der Waals surface area contributed by atoms with Crippen molar-refractivity contribution in [2.75, 3.05) is 5.32 Å². The summed E-state index contributed by atoms with van der Waals surface area (Å²) >= 11 is 5.95. The number of nitrogens with one attached hydrogen (secondary N) is 2. The Bertz CT molecular complexity index is 762. The van der Waals surface area contributed by atoms with Crippen molar-refractivity contribution in [1.82, 2.24) is 9.97 Å². The van der Waals surface area contributed by atoms with E-state index >= 15 is 0 Å². The van der Waals surface area contributed by atoms with E-state index in [4.69, 9.17) is 11.6 Å². The highest BCUT2D eigenvalue weighted by molar-refractivity contribution is 6.31. The molecule has 0 saturated heterocycles. The van der Waals surface area contributed by atoms with Crippen molar-refractivity contribution in [2.24, 2.45) is 0 Å². The summed E-state index contributed by atoms with van der Waals surface area (Å²) in [7, 11) is 0. The van der Waals surface area contributed by atoms with Crippen LogP contribution in [0.2, 0.25) is 5.02 Å². The first-order valence-corrected chi connectivity index (χ1v) is 6.53. The maximum absolute atomic E-state index is 12.1. The number of fused-ring (bicyclic) bond motifs is 1. The molecule has 3 rings (SSSR count). The molecule has 0 fully saturated rings. The van der Waals surface area contributed by atoms with Crippen LogP contribution >= 0.6 is 11.6 Å². The monoisotopic (exact) mass is 285 g/mol. The molecule has 2 N–H and O–H groups in total. The summed E-state index contributed by atoms with van der Waals surface area (Å²) in [5, 5.41) is 3.39. The molecule has 3 aromatic rings. The number of hydrogen-bond acceptors (Lipinski definition) is 2. The number of hydrogen-bond donors (Lipinski definition) is 2. The Morgan fingerprint density at radius 2 is 2.05 bits per heavy atom. The lowest BCUT2D eigenvalue weighted by atomic mass is 10.1. The van der Waals surface area contributed by atoms with E-state index in [2.05, 4.69) is 15.3 Å². The minimum atomic E-state index is -0.219. The number of rotatable bonds is 2. The number of aromatic nitrogens is 2. The van der Waals surface area contributed by atoms with E-state index in [1.54, 1.807) is 18.2 Å². The van der Waals surface area contributed by atoms with Crippen molar-refractivity contribution < 1.29 is 4.79 Å². The van der Waals surface area contributed by atoms with Crippen molar-refractivity contribution in [1.29, 1.82) is 0 Å². The van der Waals surface area contributed by atoms with E-state index in [1.807, 2.05) is 31.2 Å². The second-order valence-electron chi connectivity index (χ2n) is 4.52. The Morgan fingerprint density at radius 1 is 1.25 bits per heavy atom. The van der Waals surface area contributed by atoms with Gasteiger partial charge in [0.05, 0.1) is 11.0 Å². The largest absolute Gasteiger partial charge is 0.324 e. The van der Waals surface area contributed by atoms with Crippen LogP contribution in [0.4, 0.5) is 5.95 Å². The zero-order valence-corrected chi connectivity index (χ0v) is 11.5. The van der Waals surface area contributed by atoms with Gasteiger partial charge in [0.25, 0.3) is 5.91 Å². The molecule has 2 aromatic carbocycles. The third-order valence-corrected chi connectivity index (χ3v) is 3.47. The second-order valence-corrected chi connectivity index (χ2v) is 4.93. The molecule has 4 nitrogen and oxygen atoms in total. The van der Waals surface area contributed by atoms with Gasteiger partial charge in [0, 0.05) is 10.6 Å². The van der Waals surface area contributed by atoms with Gasteiger partial charge >= 0.3 is 0 Å². The molecule has 0 aliphatic rings. The zero-order chi connectivity index (χ0) is 14.1. The Kier molecular flexibility index (Phi) is 3.16. The van der Waals surface area contributed by atoms with E-state index < -0.39 is 0 Å². The molecule has 0 aliphatic carbocycles. The van der Waals surface area contributed by atoms with Crippen LogP contribution in [0.5, 0.6) is 0 Å². The number of para-hydroxylation sites is 2. The maximum Gasteiger partial charge on any atom is 0.257 e. The summed E-state index contributed by atoms with van der Waals surface area (Å²) in [6.45, 7) is 1.86. The first-order chi connectivity index (χ1) is 9.63. The van der Waals surface area contributed by atoms with Crippen LogP contribution in [0.3, 0.4) is 0 Å². The standard InChI is InChI=1S/C15H12ClN3O/c1-9-8-10(6-7-11(9)16)14(20)19-15-17-12-4-2-3-5-13(12)18-15/h2-8H,1H3,(H2,17,18,19,20). The predicted octanol–water partition coefficient (Wildman–Crippen LogP) is 3.78. The smallest absolute Gasteiger partial charge is 0.257 e. The molecule has 0 aliphatic heterocycles. The molecular formula is C15H12ClN3O. The van der Waals surface area contributed by atoms with Gasteiger partial charge in [-0.3, -0.25) is 10.1 Å². The van der Waals surface area contributed by atoms with Crippen molar-refractivity contribution >= 4 is 34.5 Å². The Hall–Kier alpha value is -2.33. The molecule has 0 unspecified atom stereocenters. The van der Waals surface area contributed by atoms with Gasteiger partial charge in [-0.1, -0.05) is 23.7 Å².